The Labute approximate surface area is 116 Å². The molecule has 0 unspecified atom stereocenters. The van der Waals surface area contributed by atoms with Gasteiger partial charge in [0.05, 0.1) is 5.56 Å². The van der Waals surface area contributed by atoms with Crippen molar-refractivity contribution in [3.05, 3.63) is 17.7 Å². The number of rotatable bonds is 4. The van der Waals surface area contributed by atoms with Gasteiger partial charge in [-0.05, 0) is 30.9 Å². The predicted molar refractivity (Wildman–Crippen MR) is 72.3 cm³/mol. The molecule has 1 heterocycles. The highest BCUT2D eigenvalue weighted by atomic mass is 19.4. The highest BCUT2D eigenvalue weighted by Gasteiger charge is 2.32. The first kappa shape index (κ1) is 14.9. The number of hydrogen-bond donors (Lipinski definition) is 2. The summed E-state index contributed by atoms with van der Waals surface area (Å²) in [5.41, 5.74) is 1.45. The number of alkyl halides is 3. The summed E-state index contributed by atoms with van der Waals surface area (Å²) in [7, 11) is 1.76. The van der Waals surface area contributed by atoms with Crippen LogP contribution in [0.5, 0.6) is 0 Å². The van der Waals surface area contributed by atoms with E-state index in [1.807, 2.05) is 0 Å². The van der Waals surface area contributed by atoms with Gasteiger partial charge in [0.15, 0.2) is 0 Å². The van der Waals surface area contributed by atoms with Crippen LogP contribution in [-0.2, 0) is 6.18 Å². The Morgan fingerprint density at radius 1 is 1.35 bits per heavy atom. The van der Waals surface area contributed by atoms with Gasteiger partial charge in [0.25, 0.3) is 0 Å². The van der Waals surface area contributed by atoms with Crippen molar-refractivity contribution in [1.82, 2.24) is 4.98 Å². The number of hydrazine groups is 1. The molecule has 0 aliphatic heterocycles. The first-order valence-corrected chi connectivity index (χ1v) is 6.67. The van der Waals surface area contributed by atoms with Gasteiger partial charge >= 0.3 is 6.18 Å². The Kier molecular flexibility index (Phi) is 4.37. The Morgan fingerprint density at radius 3 is 2.55 bits per heavy atom. The molecular formula is C13H19F3N4. The fourth-order valence-electron chi connectivity index (χ4n) is 2.62. The smallest absolute Gasteiger partial charge is 0.359 e. The van der Waals surface area contributed by atoms with Gasteiger partial charge in [-0.25, -0.2) is 10.8 Å². The molecule has 0 saturated heterocycles. The summed E-state index contributed by atoms with van der Waals surface area (Å²) >= 11 is 0. The second kappa shape index (κ2) is 5.87. The Balaban J connectivity index is 2.20. The van der Waals surface area contributed by atoms with Crippen molar-refractivity contribution in [2.75, 3.05) is 23.9 Å². The van der Waals surface area contributed by atoms with Crippen molar-refractivity contribution in [2.45, 2.75) is 31.9 Å². The number of nitrogens with two attached hydrogens (primary N) is 1. The lowest BCUT2D eigenvalue weighted by molar-refractivity contribution is -0.137. The van der Waals surface area contributed by atoms with Crippen LogP contribution in [0.25, 0.3) is 0 Å². The lowest BCUT2D eigenvalue weighted by atomic mass is 10.1. The standard InChI is InChI=1S/C13H19F3N4/c1-20(8-9-4-2-3-5-9)12-7-10(13(14,15)16)6-11(18-12)19-17/h6-7,9H,2-5,8,17H2,1H3,(H,18,19). The number of halogens is 3. The van der Waals surface area contributed by atoms with E-state index >= 15 is 0 Å². The summed E-state index contributed by atoms with van der Waals surface area (Å²) in [6, 6.07) is 1.97. The fourth-order valence-corrected chi connectivity index (χ4v) is 2.62. The highest BCUT2D eigenvalue weighted by Crippen LogP contribution is 2.33. The Hall–Kier alpha value is -1.50. The minimum atomic E-state index is -4.41. The molecule has 0 amide bonds. The third-order valence-corrected chi connectivity index (χ3v) is 3.68. The maximum absolute atomic E-state index is 12.8. The lowest BCUT2D eigenvalue weighted by Gasteiger charge is -2.23. The van der Waals surface area contributed by atoms with Crippen molar-refractivity contribution < 1.29 is 13.2 Å². The fraction of sp³-hybridized carbons (Fsp3) is 0.615. The van der Waals surface area contributed by atoms with Gasteiger partial charge in [-0.2, -0.15) is 13.2 Å². The van der Waals surface area contributed by atoms with E-state index in [-0.39, 0.29) is 5.82 Å². The van der Waals surface area contributed by atoms with E-state index < -0.39 is 11.7 Å². The molecule has 1 aromatic rings. The van der Waals surface area contributed by atoms with Crippen molar-refractivity contribution in [1.29, 1.82) is 0 Å². The zero-order valence-corrected chi connectivity index (χ0v) is 11.4. The first-order valence-electron chi connectivity index (χ1n) is 6.67. The van der Waals surface area contributed by atoms with Gasteiger partial charge in [-0.3, -0.25) is 0 Å². The molecule has 20 heavy (non-hydrogen) atoms. The summed E-state index contributed by atoms with van der Waals surface area (Å²) in [6.45, 7) is 0.721. The SMILES string of the molecule is CN(CC1CCCC1)c1cc(C(F)(F)F)cc(NN)n1. The van der Waals surface area contributed by atoms with Crippen LogP contribution >= 0.6 is 0 Å². The van der Waals surface area contributed by atoms with Gasteiger partial charge in [0, 0.05) is 13.6 Å². The molecule has 0 radical (unpaired) electrons. The molecule has 1 saturated carbocycles. The van der Waals surface area contributed by atoms with Gasteiger partial charge in [0.1, 0.15) is 11.6 Å². The van der Waals surface area contributed by atoms with E-state index in [1.54, 1.807) is 11.9 Å². The molecule has 112 valence electrons. The highest BCUT2D eigenvalue weighted by molar-refractivity contribution is 5.50. The second-order valence-electron chi connectivity index (χ2n) is 5.27. The topological polar surface area (TPSA) is 54.2 Å². The summed E-state index contributed by atoms with van der Waals surface area (Å²) in [5, 5.41) is 0. The average molecular weight is 288 g/mol. The third-order valence-electron chi connectivity index (χ3n) is 3.68. The first-order chi connectivity index (χ1) is 9.40. The van der Waals surface area contributed by atoms with Crippen LogP contribution in [0.2, 0.25) is 0 Å². The van der Waals surface area contributed by atoms with Crippen LogP contribution in [0.3, 0.4) is 0 Å². The van der Waals surface area contributed by atoms with Gasteiger partial charge in [-0.15, -0.1) is 0 Å². The number of nitrogen functional groups attached to an aromatic ring is 1. The maximum atomic E-state index is 12.8. The predicted octanol–water partition coefficient (Wildman–Crippen LogP) is 3.01. The van der Waals surface area contributed by atoms with Crippen LogP contribution < -0.4 is 16.2 Å². The van der Waals surface area contributed by atoms with Crippen molar-refractivity contribution in [3.63, 3.8) is 0 Å². The van der Waals surface area contributed by atoms with Crippen LogP contribution in [0.4, 0.5) is 24.8 Å². The van der Waals surface area contributed by atoms with E-state index in [4.69, 9.17) is 5.84 Å². The molecule has 0 atom stereocenters. The Morgan fingerprint density at radius 2 is 2.00 bits per heavy atom. The van der Waals surface area contributed by atoms with Crippen LogP contribution in [0, 0.1) is 5.92 Å². The third kappa shape index (κ3) is 3.53. The summed E-state index contributed by atoms with van der Waals surface area (Å²) in [5.74, 6) is 6.04. The number of hydrogen-bond acceptors (Lipinski definition) is 4. The molecule has 1 aromatic heterocycles. The van der Waals surface area contributed by atoms with E-state index in [2.05, 4.69) is 10.4 Å². The second-order valence-corrected chi connectivity index (χ2v) is 5.27. The molecule has 0 aromatic carbocycles. The normalized spacial score (nSPS) is 16.4. The van der Waals surface area contributed by atoms with E-state index in [1.165, 1.54) is 12.8 Å². The molecule has 7 heteroatoms. The van der Waals surface area contributed by atoms with Crippen molar-refractivity contribution in [3.8, 4) is 0 Å². The zero-order valence-electron chi connectivity index (χ0n) is 11.4. The lowest BCUT2D eigenvalue weighted by Crippen LogP contribution is -2.26. The quantitative estimate of drug-likeness (QED) is 0.660. The maximum Gasteiger partial charge on any atom is 0.416 e. The van der Waals surface area contributed by atoms with E-state index in [9.17, 15) is 13.2 Å². The number of anilines is 2. The number of nitrogens with one attached hydrogen (secondary N) is 1. The summed E-state index contributed by atoms with van der Waals surface area (Å²) in [4.78, 5) is 5.87. The molecular weight excluding hydrogens is 269 g/mol. The molecule has 0 spiro atoms. The summed E-state index contributed by atoms with van der Waals surface area (Å²) in [6.07, 6.45) is 0.252. The average Bonchev–Trinajstić information content (AvgIpc) is 2.90. The van der Waals surface area contributed by atoms with Crippen molar-refractivity contribution >= 4 is 11.6 Å². The van der Waals surface area contributed by atoms with Gasteiger partial charge in [0.2, 0.25) is 0 Å². The zero-order chi connectivity index (χ0) is 14.8. The van der Waals surface area contributed by atoms with E-state index in [0.29, 0.717) is 11.7 Å². The van der Waals surface area contributed by atoms with Gasteiger partial charge in [-0.1, -0.05) is 12.8 Å². The number of pyridine rings is 1. The van der Waals surface area contributed by atoms with E-state index in [0.717, 1.165) is 31.5 Å². The van der Waals surface area contributed by atoms with Gasteiger partial charge < -0.3 is 10.3 Å². The molecule has 1 aliphatic carbocycles. The minimum Gasteiger partial charge on any atom is -0.359 e. The van der Waals surface area contributed by atoms with Crippen molar-refractivity contribution in [2.24, 2.45) is 11.8 Å². The molecule has 2 rings (SSSR count). The molecule has 1 fully saturated rings. The molecule has 4 nitrogen and oxygen atoms in total. The minimum absolute atomic E-state index is 0.0214. The number of nitrogens with zero attached hydrogens (tertiary/aromatic N) is 2. The molecule has 3 N–H and O–H groups in total. The monoisotopic (exact) mass is 288 g/mol. The van der Waals surface area contributed by atoms with Crippen LogP contribution in [0.1, 0.15) is 31.2 Å². The van der Waals surface area contributed by atoms with Crippen LogP contribution in [0.15, 0.2) is 12.1 Å². The van der Waals surface area contributed by atoms with Crippen LogP contribution in [-0.4, -0.2) is 18.6 Å². The molecule has 1 aliphatic rings. The number of aromatic nitrogens is 1. The summed E-state index contributed by atoms with van der Waals surface area (Å²) < 4.78 is 38.5. The largest absolute Gasteiger partial charge is 0.416 e. The molecule has 0 bridgehead atoms. The Bertz CT molecular complexity index is 455.